The summed E-state index contributed by atoms with van der Waals surface area (Å²) in [5.74, 6) is -1.59. The highest BCUT2D eigenvalue weighted by Crippen LogP contribution is 2.26. The quantitative estimate of drug-likeness (QED) is 0.332. The summed E-state index contributed by atoms with van der Waals surface area (Å²) in [5, 5.41) is 9.47. The number of halogens is 2. The zero-order valence-corrected chi connectivity index (χ0v) is 15.5. The molecule has 28 heavy (non-hydrogen) atoms. The molecule has 0 aliphatic rings. The van der Waals surface area contributed by atoms with Gasteiger partial charge in [-0.1, -0.05) is 18.2 Å². The first kappa shape index (κ1) is 20.8. The van der Waals surface area contributed by atoms with Gasteiger partial charge in [-0.2, -0.15) is 14.0 Å². The number of ether oxygens (including phenoxy) is 2. The first-order chi connectivity index (χ1) is 13.3. The average Bonchev–Trinajstić information content (AvgIpc) is 2.94. The number of Topliss-reactive ketones (excluding diaryl/α,β-unsaturated/α-hetero) is 1. The first-order valence-corrected chi connectivity index (χ1v) is 8.36. The lowest BCUT2D eigenvalue weighted by Gasteiger charge is -2.08. The number of para-hydroxylation sites is 1. The number of ketones is 1. The summed E-state index contributed by atoms with van der Waals surface area (Å²) in [5.41, 5.74) is 0.675. The SMILES string of the molecule is CCOC(=O)c1c(C)[nH]c(C)c1C(=O)C(C#N)=Cc1ccccc1OC(F)F. The normalized spacial score (nSPS) is 11.2. The number of carbonyl (C=O) groups excluding carboxylic acids is 2. The molecule has 0 saturated heterocycles. The third kappa shape index (κ3) is 4.43. The summed E-state index contributed by atoms with van der Waals surface area (Å²) in [6.07, 6.45) is 1.15. The van der Waals surface area contributed by atoms with Crippen LogP contribution < -0.4 is 4.74 Å². The third-order valence-electron chi connectivity index (χ3n) is 3.88. The summed E-state index contributed by atoms with van der Waals surface area (Å²) in [6.45, 7) is 1.90. The number of aryl methyl sites for hydroxylation is 2. The van der Waals surface area contributed by atoms with E-state index in [1.54, 1.807) is 32.9 Å². The minimum Gasteiger partial charge on any atom is -0.462 e. The van der Waals surface area contributed by atoms with Crippen LogP contribution in [0.2, 0.25) is 0 Å². The highest BCUT2D eigenvalue weighted by atomic mass is 19.3. The lowest BCUT2D eigenvalue weighted by Crippen LogP contribution is -2.13. The van der Waals surface area contributed by atoms with Crippen molar-refractivity contribution in [1.82, 2.24) is 4.98 Å². The number of hydrogen-bond donors (Lipinski definition) is 1. The number of H-pyrrole nitrogens is 1. The molecule has 0 radical (unpaired) electrons. The van der Waals surface area contributed by atoms with Gasteiger partial charge in [0, 0.05) is 17.0 Å². The lowest BCUT2D eigenvalue weighted by atomic mass is 9.97. The molecule has 2 rings (SSSR count). The summed E-state index contributed by atoms with van der Waals surface area (Å²) in [6, 6.07) is 7.54. The number of aromatic amines is 1. The van der Waals surface area contributed by atoms with Crippen LogP contribution in [0.15, 0.2) is 29.8 Å². The molecule has 0 saturated carbocycles. The van der Waals surface area contributed by atoms with Crippen LogP contribution in [0.25, 0.3) is 6.08 Å². The van der Waals surface area contributed by atoms with Gasteiger partial charge in [0.2, 0.25) is 5.78 Å². The second-order valence-corrected chi connectivity index (χ2v) is 5.76. The van der Waals surface area contributed by atoms with Gasteiger partial charge < -0.3 is 14.5 Å². The Labute approximate surface area is 160 Å². The van der Waals surface area contributed by atoms with Crippen molar-refractivity contribution >= 4 is 17.8 Å². The van der Waals surface area contributed by atoms with Crippen molar-refractivity contribution in [1.29, 1.82) is 5.26 Å². The molecule has 0 aliphatic carbocycles. The molecule has 0 fully saturated rings. The van der Waals surface area contributed by atoms with Gasteiger partial charge in [-0.05, 0) is 32.9 Å². The lowest BCUT2D eigenvalue weighted by molar-refractivity contribution is -0.0499. The number of benzene rings is 1. The van der Waals surface area contributed by atoms with E-state index in [9.17, 15) is 23.6 Å². The van der Waals surface area contributed by atoms with Crippen LogP contribution in [-0.4, -0.2) is 30.0 Å². The summed E-state index contributed by atoms with van der Waals surface area (Å²) < 4.78 is 34.6. The maximum absolute atomic E-state index is 13.0. The Bertz CT molecular complexity index is 971. The van der Waals surface area contributed by atoms with E-state index >= 15 is 0 Å². The van der Waals surface area contributed by atoms with Gasteiger partial charge in [0.15, 0.2) is 0 Å². The molecule has 1 aromatic carbocycles. The molecule has 6 nitrogen and oxygen atoms in total. The van der Waals surface area contributed by atoms with Crippen LogP contribution in [0.4, 0.5) is 8.78 Å². The largest absolute Gasteiger partial charge is 0.462 e. The van der Waals surface area contributed by atoms with Gasteiger partial charge in [0.25, 0.3) is 0 Å². The van der Waals surface area contributed by atoms with Crippen molar-refractivity contribution in [2.75, 3.05) is 6.61 Å². The Morgan fingerprint density at radius 2 is 1.86 bits per heavy atom. The number of esters is 1. The van der Waals surface area contributed by atoms with E-state index in [-0.39, 0.29) is 34.6 Å². The Kier molecular flexibility index (Phi) is 6.66. The van der Waals surface area contributed by atoms with Gasteiger partial charge in [0.1, 0.15) is 17.4 Å². The second kappa shape index (κ2) is 8.95. The molecule has 0 aliphatic heterocycles. The molecule has 0 spiro atoms. The molecule has 0 amide bonds. The minimum atomic E-state index is -3.05. The number of rotatable bonds is 7. The average molecular weight is 388 g/mol. The van der Waals surface area contributed by atoms with Crippen molar-refractivity contribution in [2.45, 2.75) is 27.4 Å². The summed E-state index contributed by atoms with van der Waals surface area (Å²) in [4.78, 5) is 28.1. The fourth-order valence-corrected chi connectivity index (χ4v) is 2.77. The number of nitriles is 1. The molecule has 2 aromatic rings. The van der Waals surface area contributed by atoms with Crippen LogP contribution in [0, 0.1) is 25.2 Å². The number of hydrogen-bond acceptors (Lipinski definition) is 5. The molecule has 0 unspecified atom stereocenters. The number of alkyl halides is 2. The van der Waals surface area contributed by atoms with Crippen LogP contribution in [-0.2, 0) is 4.74 Å². The monoisotopic (exact) mass is 388 g/mol. The van der Waals surface area contributed by atoms with Gasteiger partial charge >= 0.3 is 12.6 Å². The van der Waals surface area contributed by atoms with Crippen molar-refractivity contribution in [2.24, 2.45) is 0 Å². The molecule has 1 N–H and O–H groups in total. The molecule has 8 heteroatoms. The molecule has 0 atom stereocenters. The standard InChI is InChI=1S/C20H18F2N2O4/c1-4-27-19(26)17-12(3)24-11(2)16(17)18(25)14(10-23)9-13-7-5-6-8-15(13)28-20(21)22/h5-9,20,24H,4H2,1-3H3. The van der Waals surface area contributed by atoms with E-state index in [0.717, 1.165) is 6.08 Å². The van der Waals surface area contributed by atoms with Crippen LogP contribution >= 0.6 is 0 Å². The molecular formula is C20H18F2N2O4. The predicted molar refractivity (Wildman–Crippen MR) is 97.2 cm³/mol. The maximum atomic E-state index is 13.0. The van der Waals surface area contributed by atoms with Gasteiger partial charge in [-0.25, -0.2) is 4.79 Å². The van der Waals surface area contributed by atoms with Gasteiger partial charge in [-0.3, -0.25) is 4.79 Å². The van der Waals surface area contributed by atoms with Crippen LogP contribution in [0.3, 0.4) is 0 Å². The van der Waals surface area contributed by atoms with Crippen molar-refractivity contribution in [3.63, 3.8) is 0 Å². The zero-order valence-electron chi connectivity index (χ0n) is 15.5. The molecular weight excluding hydrogens is 370 g/mol. The Hall–Kier alpha value is -3.47. The highest BCUT2D eigenvalue weighted by molar-refractivity contribution is 6.19. The number of nitrogens with zero attached hydrogens (tertiary/aromatic N) is 1. The molecule has 1 aromatic heterocycles. The van der Waals surface area contributed by atoms with E-state index in [0.29, 0.717) is 11.4 Å². The fourth-order valence-electron chi connectivity index (χ4n) is 2.77. The van der Waals surface area contributed by atoms with Gasteiger partial charge in [0.05, 0.1) is 17.7 Å². The maximum Gasteiger partial charge on any atom is 0.387 e. The van der Waals surface area contributed by atoms with Crippen molar-refractivity contribution < 1.29 is 27.8 Å². The number of aromatic nitrogens is 1. The second-order valence-electron chi connectivity index (χ2n) is 5.76. The van der Waals surface area contributed by atoms with Gasteiger partial charge in [-0.15, -0.1) is 0 Å². The Morgan fingerprint density at radius 1 is 1.21 bits per heavy atom. The van der Waals surface area contributed by atoms with Crippen LogP contribution in [0.5, 0.6) is 5.75 Å². The highest BCUT2D eigenvalue weighted by Gasteiger charge is 2.27. The Balaban J connectivity index is 2.53. The topological polar surface area (TPSA) is 92.2 Å². The first-order valence-electron chi connectivity index (χ1n) is 8.36. The van der Waals surface area contributed by atoms with Crippen molar-refractivity contribution in [3.05, 3.63) is 57.9 Å². The summed E-state index contributed by atoms with van der Waals surface area (Å²) in [7, 11) is 0. The van der Waals surface area contributed by atoms with E-state index in [4.69, 9.17) is 4.74 Å². The molecule has 1 heterocycles. The third-order valence-corrected chi connectivity index (χ3v) is 3.88. The van der Waals surface area contributed by atoms with Crippen molar-refractivity contribution in [3.8, 4) is 11.8 Å². The Morgan fingerprint density at radius 3 is 2.46 bits per heavy atom. The van der Waals surface area contributed by atoms with E-state index in [2.05, 4.69) is 9.72 Å². The van der Waals surface area contributed by atoms with Crippen LogP contribution in [0.1, 0.15) is 44.6 Å². The molecule has 146 valence electrons. The minimum absolute atomic E-state index is 0.0102. The smallest absolute Gasteiger partial charge is 0.387 e. The van der Waals surface area contributed by atoms with E-state index in [1.807, 2.05) is 0 Å². The predicted octanol–water partition coefficient (Wildman–Crippen LogP) is 4.20. The fraction of sp³-hybridized carbons (Fsp3) is 0.250. The number of allylic oxidation sites excluding steroid dienone is 1. The summed E-state index contributed by atoms with van der Waals surface area (Å²) >= 11 is 0. The number of nitrogens with one attached hydrogen (secondary N) is 1. The molecule has 0 bridgehead atoms. The van der Waals surface area contributed by atoms with E-state index < -0.39 is 18.4 Å². The van der Waals surface area contributed by atoms with E-state index in [1.165, 1.54) is 18.2 Å². The number of carbonyl (C=O) groups is 2. The zero-order chi connectivity index (χ0) is 20.8.